The number of thiophene rings is 1. The van der Waals surface area contributed by atoms with Gasteiger partial charge in [-0.1, -0.05) is 23.4 Å². The fraction of sp³-hybridized carbons (Fsp3) is 0.143. The largest absolute Gasteiger partial charge is 0.310 e. The zero-order valence-electron chi connectivity index (χ0n) is 11.5. The van der Waals surface area contributed by atoms with E-state index in [9.17, 15) is 4.79 Å². The number of pyridine rings is 1. The van der Waals surface area contributed by atoms with E-state index in [-0.39, 0.29) is 11.2 Å². The first-order valence-corrected chi connectivity index (χ1v) is 8.54. The molecule has 22 heavy (non-hydrogen) atoms. The van der Waals surface area contributed by atoms with E-state index in [0.29, 0.717) is 10.8 Å². The number of aromatic nitrogens is 3. The second-order valence-electron chi connectivity index (χ2n) is 4.42. The first-order valence-electron chi connectivity index (χ1n) is 6.41. The van der Waals surface area contributed by atoms with Gasteiger partial charge in [-0.15, -0.1) is 11.3 Å². The first kappa shape index (κ1) is 15.2. The molecule has 3 aromatic heterocycles. The van der Waals surface area contributed by atoms with Crippen LogP contribution in [0.4, 0.5) is 5.82 Å². The Morgan fingerprint density at radius 3 is 2.95 bits per heavy atom. The van der Waals surface area contributed by atoms with Crippen LogP contribution in [0.3, 0.4) is 0 Å². The van der Waals surface area contributed by atoms with Crippen LogP contribution >= 0.6 is 34.7 Å². The Morgan fingerprint density at radius 2 is 2.18 bits per heavy atom. The van der Waals surface area contributed by atoms with Crippen molar-refractivity contribution >= 4 is 56.6 Å². The SMILES string of the molecule is C[C@H](Sc1ncnc2ccsc12)C(=O)Nc1ccc(Cl)cn1. The van der Waals surface area contributed by atoms with Gasteiger partial charge in [0.25, 0.3) is 0 Å². The number of rotatable bonds is 4. The van der Waals surface area contributed by atoms with Crippen LogP contribution in [0.25, 0.3) is 10.2 Å². The molecule has 3 heterocycles. The molecule has 3 rings (SSSR count). The van der Waals surface area contributed by atoms with Gasteiger partial charge in [0.15, 0.2) is 0 Å². The van der Waals surface area contributed by atoms with Gasteiger partial charge in [-0.05, 0) is 30.5 Å². The van der Waals surface area contributed by atoms with Crippen molar-refractivity contribution in [2.45, 2.75) is 17.2 Å². The lowest BCUT2D eigenvalue weighted by molar-refractivity contribution is -0.115. The summed E-state index contributed by atoms with van der Waals surface area (Å²) in [6, 6.07) is 5.29. The molecule has 1 amide bonds. The minimum absolute atomic E-state index is 0.136. The van der Waals surface area contributed by atoms with E-state index in [2.05, 4.69) is 20.3 Å². The van der Waals surface area contributed by atoms with Gasteiger partial charge in [0.1, 0.15) is 17.2 Å². The molecule has 112 valence electrons. The normalized spacial score (nSPS) is 12.3. The number of carbonyl (C=O) groups excluding carboxylic acids is 1. The fourth-order valence-electron chi connectivity index (χ4n) is 1.75. The second-order valence-corrected chi connectivity index (χ2v) is 7.11. The molecule has 0 aromatic carbocycles. The minimum atomic E-state index is -0.308. The number of thioether (sulfide) groups is 1. The summed E-state index contributed by atoms with van der Waals surface area (Å²) in [6.45, 7) is 1.83. The van der Waals surface area contributed by atoms with Crippen LogP contribution in [-0.4, -0.2) is 26.1 Å². The van der Waals surface area contributed by atoms with Crippen LogP contribution in [0, 0.1) is 0 Å². The summed E-state index contributed by atoms with van der Waals surface area (Å²) in [5, 5.41) is 5.76. The van der Waals surface area contributed by atoms with Crippen molar-refractivity contribution in [1.82, 2.24) is 15.0 Å². The highest BCUT2D eigenvalue weighted by molar-refractivity contribution is 8.00. The van der Waals surface area contributed by atoms with Gasteiger partial charge in [-0.3, -0.25) is 4.79 Å². The maximum atomic E-state index is 12.2. The standard InChI is InChI=1S/C14H11ClN4OS2/c1-8(13(20)19-11-3-2-9(15)6-16-11)22-14-12-10(4-5-21-12)17-7-18-14/h2-8H,1H3,(H,16,19,20)/t8-/m0/s1. The van der Waals surface area contributed by atoms with Crippen LogP contribution in [0.5, 0.6) is 0 Å². The molecule has 0 bridgehead atoms. The number of nitrogens with zero attached hydrogens (tertiary/aromatic N) is 3. The highest BCUT2D eigenvalue weighted by Crippen LogP contribution is 2.31. The van der Waals surface area contributed by atoms with E-state index in [1.165, 1.54) is 24.3 Å². The lowest BCUT2D eigenvalue weighted by Gasteiger charge is -2.11. The molecule has 0 fully saturated rings. The van der Waals surface area contributed by atoms with E-state index < -0.39 is 0 Å². The van der Waals surface area contributed by atoms with Gasteiger partial charge in [0, 0.05) is 6.20 Å². The van der Waals surface area contributed by atoms with Gasteiger partial charge in [-0.2, -0.15) is 0 Å². The average molecular weight is 351 g/mol. The van der Waals surface area contributed by atoms with E-state index in [1.807, 2.05) is 18.4 Å². The molecule has 0 spiro atoms. The Labute approximate surface area is 140 Å². The lowest BCUT2D eigenvalue weighted by Crippen LogP contribution is -2.23. The third-order valence-electron chi connectivity index (χ3n) is 2.85. The van der Waals surface area contributed by atoms with Crippen LogP contribution < -0.4 is 5.32 Å². The monoisotopic (exact) mass is 350 g/mol. The molecule has 1 atom stereocenters. The average Bonchev–Trinajstić information content (AvgIpc) is 2.99. The van der Waals surface area contributed by atoms with Crippen molar-refractivity contribution in [3.8, 4) is 0 Å². The van der Waals surface area contributed by atoms with Gasteiger partial charge < -0.3 is 5.32 Å². The number of nitrogens with one attached hydrogen (secondary N) is 1. The molecule has 5 nitrogen and oxygen atoms in total. The highest BCUT2D eigenvalue weighted by atomic mass is 35.5. The number of hydrogen-bond acceptors (Lipinski definition) is 6. The number of fused-ring (bicyclic) bond motifs is 1. The Morgan fingerprint density at radius 1 is 1.32 bits per heavy atom. The predicted octanol–water partition coefficient (Wildman–Crippen LogP) is 3.86. The summed E-state index contributed by atoms with van der Waals surface area (Å²) in [4.78, 5) is 24.7. The van der Waals surface area contributed by atoms with Crippen molar-refractivity contribution in [3.63, 3.8) is 0 Å². The molecular weight excluding hydrogens is 340 g/mol. The minimum Gasteiger partial charge on any atom is -0.310 e. The third kappa shape index (κ3) is 3.37. The van der Waals surface area contributed by atoms with Gasteiger partial charge in [-0.25, -0.2) is 15.0 Å². The molecule has 0 radical (unpaired) electrons. The lowest BCUT2D eigenvalue weighted by atomic mass is 10.4. The maximum Gasteiger partial charge on any atom is 0.238 e. The topological polar surface area (TPSA) is 67.8 Å². The predicted molar refractivity (Wildman–Crippen MR) is 90.6 cm³/mol. The molecule has 0 saturated carbocycles. The fourth-order valence-corrected chi connectivity index (χ4v) is 3.70. The van der Waals surface area contributed by atoms with E-state index in [1.54, 1.807) is 23.5 Å². The summed E-state index contributed by atoms with van der Waals surface area (Å²) in [5.74, 6) is 0.342. The molecule has 1 N–H and O–H groups in total. The number of carbonyl (C=O) groups is 1. The first-order chi connectivity index (χ1) is 10.6. The third-order valence-corrected chi connectivity index (χ3v) is 5.21. The zero-order chi connectivity index (χ0) is 15.5. The summed E-state index contributed by atoms with van der Waals surface area (Å²) < 4.78 is 0.997. The summed E-state index contributed by atoms with van der Waals surface area (Å²) in [5.41, 5.74) is 0.898. The Kier molecular flexibility index (Phi) is 4.56. The maximum absolute atomic E-state index is 12.2. The van der Waals surface area contributed by atoms with Crippen molar-refractivity contribution in [1.29, 1.82) is 0 Å². The van der Waals surface area contributed by atoms with E-state index in [0.717, 1.165) is 15.2 Å². The van der Waals surface area contributed by atoms with Crippen molar-refractivity contribution in [2.75, 3.05) is 5.32 Å². The van der Waals surface area contributed by atoms with E-state index >= 15 is 0 Å². The second kappa shape index (κ2) is 6.60. The van der Waals surface area contributed by atoms with Gasteiger partial charge >= 0.3 is 0 Å². The van der Waals surface area contributed by atoms with Gasteiger partial charge in [0.05, 0.1) is 20.5 Å². The Balaban J connectivity index is 1.71. The highest BCUT2D eigenvalue weighted by Gasteiger charge is 2.18. The number of halogens is 1. The molecule has 0 aliphatic heterocycles. The number of amides is 1. The van der Waals surface area contributed by atoms with Crippen molar-refractivity contribution in [3.05, 3.63) is 41.1 Å². The van der Waals surface area contributed by atoms with Gasteiger partial charge in [0.2, 0.25) is 5.91 Å². The number of anilines is 1. The molecule has 0 aliphatic carbocycles. The molecule has 0 unspecified atom stereocenters. The van der Waals surface area contributed by atoms with Crippen LogP contribution in [0.2, 0.25) is 5.02 Å². The Hall–Kier alpha value is -1.70. The van der Waals surface area contributed by atoms with Crippen molar-refractivity contribution < 1.29 is 4.79 Å². The quantitative estimate of drug-likeness (QED) is 0.571. The molecule has 8 heteroatoms. The number of hydrogen-bond donors (Lipinski definition) is 1. The summed E-state index contributed by atoms with van der Waals surface area (Å²) in [7, 11) is 0. The van der Waals surface area contributed by atoms with E-state index in [4.69, 9.17) is 11.6 Å². The van der Waals surface area contributed by atoms with Crippen molar-refractivity contribution in [2.24, 2.45) is 0 Å². The Bertz CT molecular complexity index is 806. The summed E-state index contributed by atoms with van der Waals surface area (Å²) in [6.07, 6.45) is 3.01. The smallest absolute Gasteiger partial charge is 0.238 e. The molecular formula is C14H11ClN4OS2. The van der Waals surface area contributed by atoms with Crippen LogP contribution in [0.15, 0.2) is 41.1 Å². The molecule has 0 saturated heterocycles. The van der Waals surface area contributed by atoms with Crippen LogP contribution in [-0.2, 0) is 4.79 Å². The molecule has 0 aliphatic rings. The van der Waals surface area contributed by atoms with Crippen LogP contribution in [0.1, 0.15) is 6.92 Å². The zero-order valence-corrected chi connectivity index (χ0v) is 13.9. The summed E-state index contributed by atoms with van der Waals surface area (Å²) >= 11 is 8.74. The molecule has 3 aromatic rings.